The number of hydrogen-bond donors (Lipinski definition) is 1. The third kappa shape index (κ3) is 3.90. The Hall–Kier alpha value is -3.17. The molecule has 0 unspecified atom stereocenters. The lowest BCUT2D eigenvalue weighted by Gasteiger charge is -2.16. The number of carbonyl (C=O) groups is 1. The van der Waals surface area contributed by atoms with Crippen LogP contribution in [0.1, 0.15) is 18.2 Å². The lowest BCUT2D eigenvalue weighted by atomic mass is 10.1. The highest BCUT2D eigenvalue weighted by Crippen LogP contribution is 2.37. The summed E-state index contributed by atoms with van der Waals surface area (Å²) in [6, 6.07) is 5.78. The second-order valence-corrected chi connectivity index (χ2v) is 6.17. The van der Waals surface area contributed by atoms with Crippen molar-refractivity contribution in [1.82, 2.24) is 14.8 Å². The molecule has 0 aliphatic heterocycles. The van der Waals surface area contributed by atoms with Crippen LogP contribution in [-0.4, -0.2) is 26.8 Å². The number of amides is 1. The molecule has 2 aromatic heterocycles. The van der Waals surface area contributed by atoms with E-state index in [0.717, 1.165) is 18.2 Å². The molecule has 148 valence electrons. The summed E-state index contributed by atoms with van der Waals surface area (Å²) in [4.78, 5) is 16.3. The zero-order chi connectivity index (χ0) is 20.6. The van der Waals surface area contributed by atoms with Crippen LogP contribution >= 0.6 is 0 Å². The molecule has 2 heterocycles. The smallest absolute Gasteiger partial charge is 0.417 e. The van der Waals surface area contributed by atoms with E-state index in [9.17, 15) is 22.4 Å². The van der Waals surface area contributed by atoms with Gasteiger partial charge in [-0.05, 0) is 38.1 Å². The van der Waals surface area contributed by atoms with Crippen LogP contribution in [0.25, 0.3) is 11.0 Å². The van der Waals surface area contributed by atoms with Gasteiger partial charge in [0, 0.05) is 18.8 Å². The van der Waals surface area contributed by atoms with Gasteiger partial charge in [0.2, 0.25) is 5.88 Å². The molecule has 1 N–H and O–H groups in total. The van der Waals surface area contributed by atoms with Crippen molar-refractivity contribution < 1.29 is 27.1 Å². The van der Waals surface area contributed by atoms with Crippen LogP contribution in [0.3, 0.4) is 0 Å². The lowest BCUT2D eigenvalue weighted by molar-refractivity contribution is -0.136. The van der Waals surface area contributed by atoms with Gasteiger partial charge in [0.25, 0.3) is 5.91 Å². The molecule has 0 bridgehead atoms. The molecule has 0 radical (unpaired) electrons. The van der Waals surface area contributed by atoms with Gasteiger partial charge in [-0.15, -0.1) is 0 Å². The first-order valence-corrected chi connectivity index (χ1v) is 8.21. The number of carbonyl (C=O) groups excluding carboxylic acids is 1. The van der Waals surface area contributed by atoms with Gasteiger partial charge in [-0.1, -0.05) is 0 Å². The van der Waals surface area contributed by atoms with Gasteiger partial charge in [0.1, 0.15) is 5.82 Å². The standard InChI is InChI=1S/C18H16F4N4O2/c1-9-15-13(18(20,21)22)8-14(24-16(15)26(3)25-9)28-10(2)17(27)23-12-6-4-11(19)5-7-12/h4-8,10H,1-3H3,(H,23,27)/t10-/m1/s1. The maximum atomic E-state index is 13.5. The predicted molar refractivity (Wildman–Crippen MR) is 93.4 cm³/mol. The molecular formula is C18H16F4N4O2. The number of anilines is 1. The molecule has 1 aromatic carbocycles. The van der Waals surface area contributed by atoms with Crippen LogP contribution in [0.2, 0.25) is 0 Å². The Morgan fingerprint density at radius 1 is 1.25 bits per heavy atom. The molecule has 1 atom stereocenters. The SMILES string of the molecule is Cc1nn(C)c2nc(O[C@H](C)C(=O)Nc3ccc(F)cc3)cc(C(F)(F)F)c12. The molecule has 6 nitrogen and oxygen atoms in total. The molecule has 0 aliphatic rings. The minimum Gasteiger partial charge on any atom is -0.464 e. The molecule has 0 saturated carbocycles. The number of halogens is 4. The summed E-state index contributed by atoms with van der Waals surface area (Å²) in [7, 11) is 1.47. The maximum absolute atomic E-state index is 13.5. The van der Waals surface area contributed by atoms with E-state index in [2.05, 4.69) is 15.4 Å². The number of ether oxygens (including phenoxy) is 1. The topological polar surface area (TPSA) is 69.0 Å². The Kier molecular flexibility index (Phi) is 4.97. The maximum Gasteiger partial charge on any atom is 0.417 e. The Morgan fingerprint density at radius 3 is 2.50 bits per heavy atom. The van der Waals surface area contributed by atoms with Gasteiger partial charge >= 0.3 is 6.18 Å². The molecule has 0 fully saturated rings. The van der Waals surface area contributed by atoms with E-state index in [1.165, 1.54) is 37.7 Å². The highest BCUT2D eigenvalue weighted by Gasteiger charge is 2.36. The normalized spacial score (nSPS) is 12.8. The first kappa shape index (κ1) is 19.6. The Labute approximate surface area is 157 Å². The van der Waals surface area contributed by atoms with E-state index in [1.54, 1.807) is 0 Å². The fourth-order valence-electron chi connectivity index (χ4n) is 2.72. The van der Waals surface area contributed by atoms with Crippen LogP contribution in [0, 0.1) is 12.7 Å². The third-order valence-electron chi connectivity index (χ3n) is 4.03. The summed E-state index contributed by atoms with van der Waals surface area (Å²) >= 11 is 0. The monoisotopic (exact) mass is 396 g/mol. The minimum atomic E-state index is -4.65. The van der Waals surface area contributed by atoms with Crippen LogP contribution in [0.5, 0.6) is 5.88 Å². The van der Waals surface area contributed by atoms with Gasteiger partial charge in [-0.2, -0.15) is 23.3 Å². The summed E-state index contributed by atoms with van der Waals surface area (Å²) in [5, 5.41) is 6.34. The van der Waals surface area contributed by atoms with E-state index in [4.69, 9.17) is 4.74 Å². The zero-order valence-corrected chi connectivity index (χ0v) is 15.1. The van der Waals surface area contributed by atoms with Gasteiger partial charge in [0.05, 0.1) is 16.6 Å². The van der Waals surface area contributed by atoms with Crippen molar-refractivity contribution >= 4 is 22.6 Å². The van der Waals surface area contributed by atoms with Crippen molar-refractivity contribution in [3.63, 3.8) is 0 Å². The van der Waals surface area contributed by atoms with Gasteiger partial charge in [0.15, 0.2) is 11.8 Å². The highest BCUT2D eigenvalue weighted by atomic mass is 19.4. The zero-order valence-electron chi connectivity index (χ0n) is 15.1. The van der Waals surface area contributed by atoms with Crippen molar-refractivity contribution in [3.05, 3.63) is 47.4 Å². The summed E-state index contributed by atoms with van der Waals surface area (Å²) in [6.07, 6.45) is -5.79. The molecule has 0 spiro atoms. The summed E-state index contributed by atoms with van der Waals surface area (Å²) in [6.45, 7) is 2.82. The van der Waals surface area contributed by atoms with Gasteiger partial charge in [-0.25, -0.2) is 4.39 Å². The Morgan fingerprint density at radius 2 is 1.89 bits per heavy atom. The molecule has 0 aliphatic carbocycles. The number of benzene rings is 1. The fourth-order valence-corrected chi connectivity index (χ4v) is 2.72. The predicted octanol–water partition coefficient (Wildman–Crippen LogP) is 3.84. The fraction of sp³-hybridized carbons (Fsp3) is 0.278. The Balaban J connectivity index is 1.88. The van der Waals surface area contributed by atoms with E-state index in [1.807, 2.05) is 0 Å². The summed E-state index contributed by atoms with van der Waals surface area (Å²) in [5.41, 5.74) is -0.438. The number of alkyl halides is 3. The average Bonchev–Trinajstić information content (AvgIpc) is 2.89. The summed E-state index contributed by atoms with van der Waals surface area (Å²) < 4.78 is 59.9. The third-order valence-corrected chi connectivity index (χ3v) is 4.03. The molecule has 28 heavy (non-hydrogen) atoms. The number of fused-ring (bicyclic) bond motifs is 1. The molecule has 3 aromatic rings. The number of aryl methyl sites for hydroxylation is 2. The van der Waals surface area contributed by atoms with Crippen molar-refractivity contribution in [2.45, 2.75) is 26.1 Å². The largest absolute Gasteiger partial charge is 0.464 e. The van der Waals surface area contributed by atoms with Crippen LogP contribution in [-0.2, 0) is 18.0 Å². The lowest BCUT2D eigenvalue weighted by Crippen LogP contribution is -2.30. The van der Waals surface area contributed by atoms with E-state index >= 15 is 0 Å². The van der Waals surface area contributed by atoms with Crippen molar-refractivity contribution in [1.29, 1.82) is 0 Å². The second-order valence-electron chi connectivity index (χ2n) is 6.17. The van der Waals surface area contributed by atoms with E-state index in [-0.39, 0.29) is 22.6 Å². The number of aromatic nitrogens is 3. The minimum absolute atomic E-state index is 0.00605. The average molecular weight is 396 g/mol. The quantitative estimate of drug-likeness (QED) is 0.681. The van der Waals surface area contributed by atoms with E-state index in [0.29, 0.717) is 5.69 Å². The molecule has 10 heteroatoms. The van der Waals surface area contributed by atoms with Crippen molar-refractivity contribution in [2.75, 3.05) is 5.32 Å². The first-order valence-electron chi connectivity index (χ1n) is 8.21. The van der Waals surface area contributed by atoms with Crippen molar-refractivity contribution in [3.8, 4) is 5.88 Å². The number of rotatable bonds is 4. The second kappa shape index (κ2) is 7.10. The molecule has 0 saturated heterocycles. The first-order chi connectivity index (χ1) is 13.1. The van der Waals surface area contributed by atoms with Crippen LogP contribution in [0.15, 0.2) is 30.3 Å². The van der Waals surface area contributed by atoms with E-state index < -0.39 is 29.6 Å². The van der Waals surface area contributed by atoms with Gasteiger partial charge < -0.3 is 10.1 Å². The number of nitrogens with zero attached hydrogens (tertiary/aromatic N) is 3. The Bertz CT molecular complexity index is 1030. The van der Waals surface area contributed by atoms with Crippen LogP contribution < -0.4 is 10.1 Å². The number of nitrogens with one attached hydrogen (secondary N) is 1. The number of pyridine rings is 1. The molecular weight excluding hydrogens is 380 g/mol. The van der Waals surface area contributed by atoms with Crippen LogP contribution in [0.4, 0.5) is 23.2 Å². The number of hydrogen-bond acceptors (Lipinski definition) is 4. The van der Waals surface area contributed by atoms with Crippen molar-refractivity contribution in [2.24, 2.45) is 7.05 Å². The van der Waals surface area contributed by atoms with Gasteiger partial charge in [-0.3, -0.25) is 9.48 Å². The summed E-state index contributed by atoms with van der Waals surface area (Å²) in [5.74, 6) is -1.45. The molecule has 1 amide bonds. The highest BCUT2D eigenvalue weighted by molar-refractivity contribution is 5.94. The molecule has 3 rings (SSSR count).